The molecule has 0 spiro atoms. The average Bonchev–Trinajstić information content (AvgIpc) is 2.77. The SMILES string of the molecule is CCOC(=O)c1nc(-c2cc(F)cc(Br)c2)n[nH]1. The molecule has 94 valence electrons. The minimum Gasteiger partial charge on any atom is -0.460 e. The summed E-state index contributed by atoms with van der Waals surface area (Å²) in [7, 11) is 0. The van der Waals surface area contributed by atoms with Gasteiger partial charge in [-0.1, -0.05) is 15.9 Å². The van der Waals surface area contributed by atoms with Gasteiger partial charge in [-0.3, -0.25) is 5.10 Å². The molecule has 0 saturated heterocycles. The van der Waals surface area contributed by atoms with E-state index >= 15 is 0 Å². The van der Waals surface area contributed by atoms with E-state index in [0.717, 1.165) is 0 Å². The van der Waals surface area contributed by atoms with Gasteiger partial charge in [0.15, 0.2) is 5.82 Å². The summed E-state index contributed by atoms with van der Waals surface area (Å²) in [5.41, 5.74) is 0.466. The highest BCUT2D eigenvalue weighted by molar-refractivity contribution is 9.10. The van der Waals surface area contributed by atoms with Gasteiger partial charge in [-0.05, 0) is 25.1 Å². The summed E-state index contributed by atoms with van der Waals surface area (Å²) in [5, 5.41) is 6.30. The molecule has 1 N–H and O–H groups in total. The molecule has 1 aromatic carbocycles. The number of halogens is 2. The number of carbonyl (C=O) groups excluding carboxylic acids is 1. The summed E-state index contributed by atoms with van der Waals surface area (Å²) in [5.74, 6) is -0.779. The highest BCUT2D eigenvalue weighted by Crippen LogP contribution is 2.21. The molecule has 1 aromatic heterocycles. The van der Waals surface area contributed by atoms with E-state index in [0.29, 0.717) is 10.0 Å². The van der Waals surface area contributed by atoms with Gasteiger partial charge in [0.1, 0.15) is 5.82 Å². The molecular formula is C11H9BrFN3O2. The molecule has 0 amide bonds. The average molecular weight is 314 g/mol. The van der Waals surface area contributed by atoms with E-state index in [9.17, 15) is 9.18 Å². The number of aromatic nitrogens is 3. The number of aromatic amines is 1. The molecule has 0 fully saturated rings. The van der Waals surface area contributed by atoms with Crippen LogP contribution >= 0.6 is 15.9 Å². The largest absolute Gasteiger partial charge is 0.460 e. The molecule has 0 atom stereocenters. The lowest BCUT2D eigenvalue weighted by atomic mass is 10.2. The Hall–Kier alpha value is -1.76. The summed E-state index contributed by atoms with van der Waals surface area (Å²) < 4.78 is 18.6. The van der Waals surface area contributed by atoms with Crippen LogP contribution in [0.15, 0.2) is 22.7 Å². The van der Waals surface area contributed by atoms with Crippen LogP contribution in [-0.2, 0) is 4.74 Å². The zero-order chi connectivity index (χ0) is 13.1. The molecule has 7 heteroatoms. The van der Waals surface area contributed by atoms with Crippen LogP contribution in [0.5, 0.6) is 0 Å². The van der Waals surface area contributed by atoms with E-state index in [4.69, 9.17) is 4.74 Å². The van der Waals surface area contributed by atoms with Crippen molar-refractivity contribution in [2.45, 2.75) is 6.92 Å². The maximum atomic E-state index is 13.2. The number of rotatable bonds is 3. The number of nitrogens with zero attached hydrogens (tertiary/aromatic N) is 2. The zero-order valence-corrected chi connectivity index (χ0v) is 11.0. The fourth-order valence-corrected chi connectivity index (χ4v) is 1.83. The van der Waals surface area contributed by atoms with E-state index in [1.807, 2.05) is 0 Å². The molecule has 0 saturated carbocycles. The zero-order valence-electron chi connectivity index (χ0n) is 9.41. The summed E-state index contributed by atoms with van der Waals surface area (Å²) in [6.07, 6.45) is 0. The molecule has 2 rings (SSSR count). The minimum atomic E-state index is -0.591. The third-order valence-corrected chi connectivity index (χ3v) is 2.53. The van der Waals surface area contributed by atoms with Crippen LogP contribution in [-0.4, -0.2) is 27.8 Å². The number of esters is 1. The number of nitrogens with one attached hydrogen (secondary N) is 1. The van der Waals surface area contributed by atoms with E-state index in [2.05, 4.69) is 31.1 Å². The van der Waals surface area contributed by atoms with Gasteiger partial charge in [0.05, 0.1) is 6.61 Å². The molecule has 0 aliphatic carbocycles. The van der Waals surface area contributed by atoms with Crippen molar-refractivity contribution in [1.82, 2.24) is 15.2 Å². The second-order valence-corrected chi connectivity index (χ2v) is 4.30. The topological polar surface area (TPSA) is 67.9 Å². The Bertz CT molecular complexity index is 565. The number of hydrogen-bond donors (Lipinski definition) is 1. The minimum absolute atomic E-state index is 0.00719. The highest BCUT2D eigenvalue weighted by atomic mass is 79.9. The maximum Gasteiger partial charge on any atom is 0.375 e. The fourth-order valence-electron chi connectivity index (χ4n) is 1.36. The highest BCUT2D eigenvalue weighted by Gasteiger charge is 2.14. The van der Waals surface area contributed by atoms with Gasteiger partial charge in [-0.2, -0.15) is 5.10 Å². The first-order chi connectivity index (χ1) is 8.60. The maximum absolute atomic E-state index is 13.2. The third-order valence-electron chi connectivity index (χ3n) is 2.07. The molecule has 5 nitrogen and oxygen atoms in total. The Morgan fingerprint density at radius 2 is 2.28 bits per heavy atom. The first-order valence-corrected chi connectivity index (χ1v) is 5.95. The molecular weight excluding hydrogens is 305 g/mol. The van der Waals surface area contributed by atoms with Gasteiger partial charge in [-0.25, -0.2) is 14.2 Å². The smallest absolute Gasteiger partial charge is 0.375 e. The molecule has 1 heterocycles. The quantitative estimate of drug-likeness (QED) is 0.884. The standard InChI is InChI=1S/C11H9BrFN3O2/c1-2-18-11(17)10-14-9(15-16-10)6-3-7(12)5-8(13)4-6/h3-5H,2H2,1H3,(H,14,15,16). The molecule has 0 bridgehead atoms. The normalized spacial score (nSPS) is 10.4. The lowest BCUT2D eigenvalue weighted by molar-refractivity contribution is 0.0512. The van der Waals surface area contributed by atoms with Crippen molar-refractivity contribution < 1.29 is 13.9 Å². The van der Waals surface area contributed by atoms with Gasteiger partial charge in [-0.15, -0.1) is 0 Å². The monoisotopic (exact) mass is 313 g/mol. The molecule has 0 unspecified atom stereocenters. The van der Waals surface area contributed by atoms with Gasteiger partial charge in [0.25, 0.3) is 0 Å². The first kappa shape index (κ1) is 12.7. The summed E-state index contributed by atoms with van der Waals surface area (Å²) in [4.78, 5) is 15.3. The molecule has 0 radical (unpaired) electrons. The number of benzene rings is 1. The molecule has 2 aromatic rings. The molecule has 18 heavy (non-hydrogen) atoms. The van der Waals surface area contributed by atoms with Crippen molar-refractivity contribution in [3.05, 3.63) is 34.3 Å². The first-order valence-electron chi connectivity index (χ1n) is 5.16. The third kappa shape index (κ3) is 2.73. The lowest BCUT2D eigenvalue weighted by Crippen LogP contribution is -2.06. The predicted octanol–water partition coefficient (Wildman–Crippen LogP) is 2.55. The Balaban J connectivity index is 2.32. The number of carbonyl (C=O) groups is 1. The van der Waals surface area contributed by atoms with E-state index in [1.165, 1.54) is 12.1 Å². The van der Waals surface area contributed by atoms with Crippen molar-refractivity contribution >= 4 is 21.9 Å². The van der Waals surface area contributed by atoms with E-state index < -0.39 is 11.8 Å². The van der Waals surface area contributed by atoms with Crippen LogP contribution in [0.2, 0.25) is 0 Å². The number of ether oxygens (including phenoxy) is 1. The van der Waals surface area contributed by atoms with Crippen LogP contribution in [0.25, 0.3) is 11.4 Å². The van der Waals surface area contributed by atoms with Crippen molar-refractivity contribution in [3.63, 3.8) is 0 Å². The summed E-state index contributed by atoms with van der Waals surface area (Å²) >= 11 is 3.17. The van der Waals surface area contributed by atoms with E-state index in [1.54, 1.807) is 13.0 Å². The van der Waals surface area contributed by atoms with Gasteiger partial charge in [0, 0.05) is 10.0 Å². The van der Waals surface area contributed by atoms with Crippen LogP contribution in [0.3, 0.4) is 0 Å². The Morgan fingerprint density at radius 1 is 1.50 bits per heavy atom. The summed E-state index contributed by atoms with van der Waals surface area (Å²) in [6.45, 7) is 1.94. The Labute approximate surface area is 111 Å². The molecule has 0 aliphatic rings. The van der Waals surface area contributed by atoms with Crippen molar-refractivity contribution in [2.75, 3.05) is 6.61 Å². The van der Waals surface area contributed by atoms with Crippen LogP contribution in [0.1, 0.15) is 17.5 Å². The van der Waals surface area contributed by atoms with E-state index in [-0.39, 0.29) is 18.3 Å². The van der Waals surface area contributed by atoms with Gasteiger partial charge >= 0.3 is 5.97 Å². The number of H-pyrrole nitrogens is 1. The Morgan fingerprint density at radius 3 is 2.94 bits per heavy atom. The second kappa shape index (κ2) is 5.26. The van der Waals surface area contributed by atoms with Crippen molar-refractivity contribution in [1.29, 1.82) is 0 Å². The lowest BCUT2D eigenvalue weighted by Gasteiger charge is -1.97. The molecule has 0 aliphatic heterocycles. The van der Waals surface area contributed by atoms with Crippen LogP contribution in [0.4, 0.5) is 4.39 Å². The summed E-state index contributed by atoms with van der Waals surface area (Å²) in [6, 6.07) is 4.26. The second-order valence-electron chi connectivity index (χ2n) is 3.39. The van der Waals surface area contributed by atoms with Gasteiger partial charge in [0.2, 0.25) is 5.82 Å². The van der Waals surface area contributed by atoms with Crippen LogP contribution in [0, 0.1) is 5.82 Å². The van der Waals surface area contributed by atoms with Crippen molar-refractivity contribution in [2.24, 2.45) is 0 Å². The predicted molar refractivity (Wildman–Crippen MR) is 65.4 cm³/mol. The van der Waals surface area contributed by atoms with Crippen molar-refractivity contribution in [3.8, 4) is 11.4 Å². The fraction of sp³-hybridized carbons (Fsp3) is 0.182. The van der Waals surface area contributed by atoms with Crippen LogP contribution < -0.4 is 0 Å². The van der Waals surface area contributed by atoms with Gasteiger partial charge < -0.3 is 4.74 Å². The Kier molecular flexibility index (Phi) is 3.71. The number of hydrogen-bond acceptors (Lipinski definition) is 4.